The summed E-state index contributed by atoms with van der Waals surface area (Å²) in [5, 5.41) is 0. The summed E-state index contributed by atoms with van der Waals surface area (Å²) in [4.78, 5) is 17.5. The van der Waals surface area contributed by atoms with Crippen LogP contribution in [0.3, 0.4) is 0 Å². The van der Waals surface area contributed by atoms with Crippen molar-refractivity contribution < 1.29 is 14.3 Å². The number of aliphatic imine (C=N–C) groups is 1. The number of primary amides is 1. The molecule has 1 amide bonds. The van der Waals surface area contributed by atoms with Crippen molar-refractivity contribution in [1.82, 2.24) is 4.90 Å². The molecule has 0 saturated carbocycles. The predicted molar refractivity (Wildman–Crippen MR) is 106 cm³/mol. The lowest BCUT2D eigenvalue weighted by atomic mass is 10.2. The highest BCUT2D eigenvalue weighted by molar-refractivity contribution is 5.92. The van der Waals surface area contributed by atoms with E-state index >= 15 is 0 Å². The Balaban J connectivity index is 1.88. The molecule has 0 radical (unpaired) electrons. The zero-order valence-corrected chi connectivity index (χ0v) is 14.8. The van der Waals surface area contributed by atoms with Crippen LogP contribution in [0.4, 0.5) is 0 Å². The second kappa shape index (κ2) is 9.24. The summed E-state index contributed by atoms with van der Waals surface area (Å²) in [6, 6.07) is 7.74. The summed E-state index contributed by atoms with van der Waals surface area (Å²) in [6.07, 6.45) is 17.5. The van der Waals surface area contributed by atoms with E-state index in [4.69, 9.17) is 15.2 Å². The number of nitrogens with two attached hydrogens (primary N) is 1. The molecule has 0 aliphatic carbocycles. The third-order valence-electron chi connectivity index (χ3n) is 3.89. The minimum absolute atomic E-state index is 0.302. The molecule has 6 nitrogen and oxygen atoms in total. The molecule has 2 aliphatic heterocycles. The van der Waals surface area contributed by atoms with E-state index in [1.165, 1.54) is 6.40 Å². The van der Waals surface area contributed by atoms with Gasteiger partial charge in [0.1, 0.15) is 24.2 Å². The van der Waals surface area contributed by atoms with E-state index in [1.807, 2.05) is 60.7 Å². The third kappa shape index (κ3) is 5.22. The Morgan fingerprint density at radius 3 is 2.93 bits per heavy atom. The SMILES string of the molecule is NC(=O)C1=CC2CN1C=CN=COCC=CC=CC=Cc1ccccc1O2. The Morgan fingerprint density at radius 1 is 1.19 bits per heavy atom. The molecular weight excluding hydrogens is 342 g/mol. The summed E-state index contributed by atoms with van der Waals surface area (Å²) in [5.74, 6) is 0.224. The molecular formula is C21H21N3O3. The van der Waals surface area contributed by atoms with Gasteiger partial charge in [-0.25, -0.2) is 4.99 Å². The quantitative estimate of drug-likeness (QED) is 0.832. The van der Waals surface area contributed by atoms with E-state index < -0.39 is 5.91 Å². The Bertz CT molecular complexity index is 850. The fourth-order valence-corrected chi connectivity index (χ4v) is 2.66. The van der Waals surface area contributed by atoms with Crippen molar-refractivity contribution in [3.05, 3.63) is 84.4 Å². The van der Waals surface area contributed by atoms with Crippen LogP contribution in [0, 0.1) is 0 Å². The van der Waals surface area contributed by atoms with Crippen LogP contribution in [-0.2, 0) is 9.53 Å². The Labute approximate surface area is 158 Å². The highest BCUT2D eigenvalue weighted by Gasteiger charge is 2.26. The fourth-order valence-electron chi connectivity index (χ4n) is 2.66. The van der Waals surface area contributed by atoms with Crippen LogP contribution in [0.15, 0.2) is 83.8 Å². The number of carbonyl (C=O) groups is 1. The number of hydrogen-bond donors (Lipinski definition) is 1. The Kier molecular flexibility index (Phi) is 6.25. The first-order valence-electron chi connectivity index (χ1n) is 8.58. The molecule has 1 unspecified atom stereocenters. The molecule has 27 heavy (non-hydrogen) atoms. The van der Waals surface area contributed by atoms with Crippen molar-refractivity contribution in [2.24, 2.45) is 10.7 Å². The van der Waals surface area contributed by atoms with Crippen LogP contribution < -0.4 is 10.5 Å². The molecule has 138 valence electrons. The summed E-state index contributed by atoms with van der Waals surface area (Å²) >= 11 is 0. The van der Waals surface area contributed by atoms with Gasteiger partial charge in [0.15, 0.2) is 6.40 Å². The number of carbonyl (C=O) groups excluding carboxylic acids is 1. The maximum Gasteiger partial charge on any atom is 0.265 e. The minimum Gasteiger partial charge on any atom is -0.484 e. The maximum absolute atomic E-state index is 11.7. The summed E-state index contributed by atoms with van der Waals surface area (Å²) in [7, 11) is 0. The average Bonchev–Trinajstić information content (AvgIpc) is 3.06. The predicted octanol–water partition coefficient (Wildman–Crippen LogP) is 2.77. The van der Waals surface area contributed by atoms with Crippen LogP contribution in [0.1, 0.15) is 5.56 Å². The van der Waals surface area contributed by atoms with E-state index in [0.717, 1.165) is 11.3 Å². The summed E-state index contributed by atoms with van der Waals surface area (Å²) in [5.41, 5.74) is 6.81. The molecule has 0 spiro atoms. The first kappa shape index (κ1) is 18.3. The zero-order valence-electron chi connectivity index (χ0n) is 14.8. The largest absolute Gasteiger partial charge is 0.484 e. The molecule has 2 N–H and O–H groups in total. The van der Waals surface area contributed by atoms with E-state index in [9.17, 15) is 4.79 Å². The maximum atomic E-state index is 11.7. The molecule has 1 aromatic carbocycles. The number of hydrogen-bond acceptors (Lipinski definition) is 5. The van der Waals surface area contributed by atoms with Gasteiger partial charge in [0.2, 0.25) is 0 Å². The summed E-state index contributed by atoms with van der Waals surface area (Å²) < 4.78 is 11.3. The van der Waals surface area contributed by atoms with E-state index in [-0.39, 0.29) is 6.10 Å². The van der Waals surface area contributed by atoms with Crippen LogP contribution in [0.2, 0.25) is 0 Å². The second-order valence-corrected chi connectivity index (χ2v) is 5.82. The minimum atomic E-state index is -0.514. The van der Waals surface area contributed by atoms with Gasteiger partial charge in [0, 0.05) is 18.0 Å². The standard InChI is InChI=1S/C21H21N3O3/c22-21(25)19-14-18-15-24(19)12-11-23-16-26-13-7-3-1-2-4-8-17-9-5-6-10-20(17)27-18/h1-12,14,16,18H,13,15H2,(H2,22,25). The number of allylic oxidation sites excluding steroid dienone is 4. The number of amides is 1. The molecule has 6 heteroatoms. The lowest BCUT2D eigenvalue weighted by molar-refractivity contribution is -0.115. The molecule has 0 aromatic heterocycles. The van der Waals surface area contributed by atoms with Gasteiger partial charge in [0.05, 0.1) is 6.54 Å². The molecule has 1 atom stereocenters. The fraction of sp³-hybridized carbons (Fsp3) is 0.143. The van der Waals surface area contributed by atoms with Crippen LogP contribution >= 0.6 is 0 Å². The van der Waals surface area contributed by atoms with Gasteiger partial charge in [-0.2, -0.15) is 0 Å². The number of nitrogens with zero attached hydrogens (tertiary/aromatic N) is 2. The normalized spacial score (nSPS) is 19.5. The van der Waals surface area contributed by atoms with E-state index in [0.29, 0.717) is 18.8 Å². The van der Waals surface area contributed by atoms with Crippen LogP contribution in [0.5, 0.6) is 5.75 Å². The van der Waals surface area contributed by atoms with Gasteiger partial charge in [-0.15, -0.1) is 0 Å². The molecule has 0 fully saturated rings. The lowest BCUT2D eigenvalue weighted by Crippen LogP contribution is -2.27. The van der Waals surface area contributed by atoms with E-state index in [1.54, 1.807) is 23.4 Å². The van der Waals surface area contributed by atoms with Gasteiger partial charge in [-0.05, 0) is 18.2 Å². The molecule has 3 rings (SSSR count). The topological polar surface area (TPSA) is 77.2 Å². The van der Waals surface area contributed by atoms with Gasteiger partial charge < -0.3 is 20.1 Å². The van der Waals surface area contributed by atoms with Gasteiger partial charge >= 0.3 is 0 Å². The molecule has 0 saturated heterocycles. The number of rotatable bonds is 1. The van der Waals surface area contributed by atoms with Crippen molar-refractivity contribution in [3.8, 4) is 5.75 Å². The highest BCUT2D eigenvalue weighted by Crippen LogP contribution is 2.25. The van der Waals surface area contributed by atoms with Crippen molar-refractivity contribution >= 4 is 18.4 Å². The number of ether oxygens (including phenoxy) is 2. The molecule has 1 aromatic rings. The molecule has 2 heterocycles. The van der Waals surface area contributed by atoms with Crippen LogP contribution in [-0.4, -0.2) is 36.5 Å². The average molecular weight is 363 g/mol. The van der Waals surface area contributed by atoms with E-state index in [2.05, 4.69) is 4.99 Å². The van der Waals surface area contributed by atoms with Crippen molar-refractivity contribution in [3.63, 3.8) is 0 Å². The Hall–Kier alpha value is -3.54. The number of benzene rings is 1. The van der Waals surface area contributed by atoms with Gasteiger partial charge in [-0.1, -0.05) is 48.6 Å². The number of para-hydroxylation sites is 1. The second-order valence-electron chi connectivity index (χ2n) is 5.82. The van der Waals surface area contributed by atoms with Crippen molar-refractivity contribution in [2.45, 2.75) is 6.10 Å². The first-order valence-corrected chi connectivity index (χ1v) is 8.58. The smallest absolute Gasteiger partial charge is 0.265 e. The lowest BCUT2D eigenvalue weighted by Gasteiger charge is -2.18. The monoisotopic (exact) mass is 363 g/mol. The number of fused-ring (bicyclic) bond motifs is 3. The Morgan fingerprint density at radius 2 is 2.04 bits per heavy atom. The van der Waals surface area contributed by atoms with Gasteiger partial charge in [0.25, 0.3) is 5.91 Å². The highest BCUT2D eigenvalue weighted by atomic mass is 16.5. The van der Waals surface area contributed by atoms with Crippen molar-refractivity contribution in [1.29, 1.82) is 0 Å². The third-order valence-corrected chi connectivity index (χ3v) is 3.89. The molecule has 2 aliphatic rings. The zero-order chi connectivity index (χ0) is 18.9. The summed E-state index contributed by atoms with van der Waals surface area (Å²) in [6.45, 7) is 0.881. The molecule has 2 bridgehead atoms. The van der Waals surface area contributed by atoms with Gasteiger partial charge in [-0.3, -0.25) is 4.79 Å². The first-order chi connectivity index (χ1) is 13.2. The van der Waals surface area contributed by atoms with Crippen molar-refractivity contribution in [2.75, 3.05) is 13.2 Å². The van der Waals surface area contributed by atoms with Crippen LogP contribution in [0.25, 0.3) is 6.08 Å².